The molecule has 0 radical (unpaired) electrons. The smallest absolute Gasteiger partial charge is 0.338 e. The Labute approximate surface area is 144 Å². The fourth-order valence-corrected chi connectivity index (χ4v) is 3.16. The highest BCUT2D eigenvalue weighted by molar-refractivity contribution is 6.32. The van der Waals surface area contributed by atoms with Crippen molar-refractivity contribution in [3.63, 3.8) is 0 Å². The van der Waals surface area contributed by atoms with E-state index >= 15 is 0 Å². The number of ether oxygens (including phenoxy) is 1. The van der Waals surface area contributed by atoms with Gasteiger partial charge in [-0.1, -0.05) is 11.6 Å². The first-order valence-corrected chi connectivity index (χ1v) is 8.11. The maximum Gasteiger partial charge on any atom is 0.338 e. The first-order valence-electron chi connectivity index (χ1n) is 7.73. The molecule has 0 aliphatic carbocycles. The molecule has 2 rings (SSSR count). The predicted octanol–water partition coefficient (Wildman–Crippen LogP) is 3.19. The van der Waals surface area contributed by atoms with Gasteiger partial charge in [0.1, 0.15) is 5.02 Å². The standard InChI is InChI=1S/C16H19ClN2O5/c1-10-4-3-5-11(2)18(10)15(20)9-24-16(21)12-6-7-13(17)14(8-12)19(22)23/h6-8,10-11H,3-5,9H2,1-2H3. The second kappa shape index (κ2) is 7.61. The van der Waals surface area contributed by atoms with Crippen LogP contribution in [0.15, 0.2) is 18.2 Å². The third-order valence-corrected chi connectivity index (χ3v) is 4.51. The summed E-state index contributed by atoms with van der Waals surface area (Å²) in [5.41, 5.74) is -0.394. The van der Waals surface area contributed by atoms with Crippen LogP contribution in [0.1, 0.15) is 43.5 Å². The molecule has 1 fully saturated rings. The Bertz CT molecular complexity index is 654. The number of esters is 1. The number of likely N-dealkylation sites (tertiary alicyclic amines) is 1. The SMILES string of the molecule is CC1CCCC(C)N1C(=O)COC(=O)c1ccc(Cl)c([N+](=O)[O-])c1. The van der Waals surface area contributed by atoms with Crippen LogP contribution in [0, 0.1) is 10.1 Å². The van der Waals surface area contributed by atoms with Gasteiger partial charge in [-0.2, -0.15) is 0 Å². The van der Waals surface area contributed by atoms with E-state index in [1.807, 2.05) is 13.8 Å². The van der Waals surface area contributed by atoms with Crippen LogP contribution in [0.2, 0.25) is 5.02 Å². The molecule has 24 heavy (non-hydrogen) atoms. The minimum absolute atomic E-state index is 0.0151. The number of amides is 1. The largest absolute Gasteiger partial charge is 0.452 e. The lowest BCUT2D eigenvalue weighted by atomic mass is 9.97. The Morgan fingerprint density at radius 1 is 1.33 bits per heavy atom. The summed E-state index contributed by atoms with van der Waals surface area (Å²) in [6, 6.07) is 3.84. The summed E-state index contributed by atoms with van der Waals surface area (Å²) in [6.45, 7) is 3.56. The van der Waals surface area contributed by atoms with Crippen LogP contribution in [0.5, 0.6) is 0 Å². The number of piperidine rings is 1. The van der Waals surface area contributed by atoms with Gasteiger partial charge in [-0.05, 0) is 45.2 Å². The first-order chi connectivity index (χ1) is 11.3. The zero-order chi connectivity index (χ0) is 17.9. The molecule has 1 heterocycles. The molecule has 130 valence electrons. The van der Waals surface area contributed by atoms with Gasteiger partial charge in [0, 0.05) is 18.2 Å². The summed E-state index contributed by atoms with van der Waals surface area (Å²) in [4.78, 5) is 36.2. The van der Waals surface area contributed by atoms with Gasteiger partial charge < -0.3 is 9.64 Å². The van der Waals surface area contributed by atoms with Gasteiger partial charge in [0.15, 0.2) is 6.61 Å². The van der Waals surface area contributed by atoms with E-state index in [4.69, 9.17) is 16.3 Å². The predicted molar refractivity (Wildman–Crippen MR) is 88.0 cm³/mol. The highest BCUT2D eigenvalue weighted by atomic mass is 35.5. The zero-order valence-electron chi connectivity index (χ0n) is 13.5. The number of nitro benzene ring substituents is 1. The van der Waals surface area contributed by atoms with Crippen LogP contribution in [0.3, 0.4) is 0 Å². The highest BCUT2D eigenvalue weighted by Gasteiger charge is 2.29. The van der Waals surface area contributed by atoms with Gasteiger partial charge in [-0.25, -0.2) is 4.79 Å². The molecule has 2 atom stereocenters. The monoisotopic (exact) mass is 354 g/mol. The Morgan fingerprint density at radius 3 is 2.54 bits per heavy atom. The van der Waals surface area contributed by atoms with E-state index in [1.54, 1.807) is 4.90 Å². The van der Waals surface area contributed by atoms with Crippen molar-refractivity contribution < 1.29 is 19.2 Å². The van der Waals surface area contributed by atoms with E-state index in [-0.39, 0.29) is 40.9 Å². The summed E-state index contributed by atoms with van der Waals surface area (Å²) in [7, 11) is 0. The van der Waals surface area contributed by atoms with Crippen LogP contribution < -0.4 is 0 Å². The third-order valence-electron chi connectivity index (χ3n) is 4.19. The Kier molecular flexibility index (Phi) is 5.77. The Morgan fingerprint density at radius 2 is 1.96 bits per heavy atom. The number of nitro groups is 1. The van der Waals surface area contributed by atoms with E-state index in [2.05, 4.69) is 0 Å². The van der Waals surface area contributed by atoms with Crippen molar-refractivity contribution in [2.75, 3.05) is 6.61 Å². The van der Waals surface area contributed by atoms with E-state index in [0.717, 1.165) is 25.3 Å². The molecular weight excluding hydrogens is 336 g/mol. The van der Waals surface area contributed by atoms with Gasteiger partial charge in [-0.3, -0.25) is 14.9 Å². The maximum absolute atomic E-state index is 12.3. The van der Waals surface area contributed by atoms with Crippen molar-refractivity contribution in [1.82, 2.24) is 4.90 Å². The van der Waals surface area contributed by atoms with Gasteiger partial charge in [0.25, 0.3) is 11.6 Å². The Balaban J connectivity index is 2.01. The second-order valence-electron chi connectivity index (χ2n) is 5.93. The van der Waals surface area contributed by atoms with Gasteiger partial charge in [0.2, 0.25) is 0 Å². The number of benzene rings is 1. The van der Waals surface area contributed by atoms with Crippen LogP contribution >= 0.6 is 11.6 Å². The van der Waals surface area contributed by atoms with Crippen LogP contribution in [-0.2, 0) is 9.53 Å². The number of hydrogen-bond donors (Lipinski definition) is 0. The number of hydrogen-bond acceptors (Lipinski definition) is 5. The summed E-state index contributed by atoms with van der Waals surface area (Å²) in [5, 5.41) is 10.8. The first kappa shape index (κ1) is 18.2. The average Bonchev–Trinajstić information content (AvgIpc) is 2.52. The lowest BCUT2D eigenvalue weighted by Gasteiger charge is -2.38. The molecule has 1 saturated heterocycles. The molecule has 2 unspecified atom stereocenters. The summed E-state index contributed by atoms with van der Waals surface area (Å²) in [5.74, 6) is -1.05. The van der Waals surface area contributed by atoms with Crippen molar-refractivity contribution in [2.45, 2.75) is 45.2 Å². The van der Waals surface area contributed by atoms with Crippen LogP contribution in [0.4, 0.5) is 5.69 Å². The molecular formula is C16H19ClN2O5. The van der Waals surface area contributed by atoms with Crippen molar-refractivity contribution in [3.8, 4) is 0 Å². The minimum atomic E-state index is -0.791. The average molecular weight is 355 g/mol. The topological polar surface area (TPSA) is 89.8 Å². The van der Waals surface area contributed by atoms with Gasteiger partial charge >= 0.3 is 5.97 Å². The van der Waals surface area contributed by atoms with Crippen molar-refractivity contribution in [3.05, 3.63) is 38.9 Å². The van der Waals surface area contributed by atoms with Gasteiger partial charge in [-0.15, -0.1) is 0 Å². The molecule has 1 aromatic rings. The molecule has 0 aromatic heterocycles. The number of halogens is 1. The normalized spacial score (nSPS) is 20.5. The second-order valence-corrected chi connectivity index (χ2v) is 6.34. The van der Waals surface area contributed by atoms with Crippen molar-refractivity contribution in [1.29, 1.82) is 0 Å². The zero-order valence-corrected chi connectivity index (χ0v) is 14.3. The summed E-state index contributed by atoms with van der Waals surface area (Å²) in [6.07, 6.45) is 2.92. The van der Waals surface area contributed by atoms with Crippen molar-refractivity contribution >= 4 is 29.2 Å². The van der Waals surface area contributed by atoms with Crippen molar-refractivity contribution in [2.24, 2.45) is 0 Å². The lowest BCUT2D eigenvalue weighted by molar-refractivity contribution is -0.384. The van der Waals surface area contributed by atoms with E-state index in [9.17, 15) is 19.7 Å². The molecule has 0 N–H and O–H groups in total. The lowest BCUT2D eigenvalue weighted by Crippen LogP contribution is -2.49. The van der Waals surface area contributed by atoms with E-state index in [0.29, 0.717) is 0 Å². The Hall–Kier alpha value is -2.15. The molecule has 1 amide bonds. The fourth-order valence-electron chi connectivity index (χ4n) is 2.98. The number of nitrogens with zero attached hydrogens (tertiary/aromatic N) is 2. The quantitative estimate of drug-likeness (QED) is 0.470. The number of rotatable bonds is 4. The van der Waals surface area contributed by atoms with E-state index in [1.165, 1.54) is 12.1 Å². The third kappa shape index (κ3) is 4.03. The maximum atomic E-state index is 12.3. The molecule has 1 aliphatic heterocycles. The summed E-state index contributed by atoms with van der Waals surface area (Å²) < 4.78 is 5.02. The molecule has 1 aliphatic rings. The van der Waals surface area contributed by atoms with Crippen LogP contribution in [0.25, 0.3) is 0 Å². The number of carbonyl (C=O) groups is 2. The molecule has 7 nitrogen and oxygen atoms in total. The highest BCUT2D eigenvalue weighted by Crippen LogP contribution is 2.26. The van der Waals surface area contributed by atoms with E-state index < -0.39 is 10.9 Å². The minimum Gasteiger partial charge on any atom is -0.452 e. The number of carbonyl (C=O) groups excluding carboxylic acids is 2. The fraction of sp³-hybridized carbons (Fsp3) is 0.500. The molecule has 1 aromatic carbocycles. The van der Waals surface area contributed by atoms with Crippen LogP contribution in [-0.4, -0.2) is 40.4 Å². The molecule has 0 spiro atoms. The summed E-state index contributed by atoms with van der Waals surface area (Å²) >= 11 is 5.70. The molecule has 0 saturated carbocycles. The van der Waals surface area contributed by atoms with Gasteiger partial charge in [0.05, 0.1) is 10.5 Å². The molecule has 0 bridgehead atoms. The molecule has 8 heteroatoms.